The van der Waals surface area contributed by atoms with E-state index in [1.165, 1.54) is 17.0 Å². The SMILES string of the molecule is COc1cccc(CN(C(=O)CN(c2cccc(Cl)c2C)S(=O)(=O)c2ccc(C)cc2)[C@H](C)C(=O)NC(C)C)c1. The molecule has 40 heavy (non-hydrogen) atoms. The zero-order chi connectivity index (χ0) is 29.6. The number of aryl methyl sites for hydroxylation is 1. The van der Waals surface area contributed by atoms with E-state index in [2.05, 4.69) is 5.32 Å². The van der Waals surface area contributed by atoms with Crippen molar-refractivity contribution in [1.82, 2.24) is 10.2 Å². The number of anilines is 1. The van der Waals surface area contributed by atoms with E-state index < -0.39 is 28.5 Å². The van der Waals surface area contributed by atoms with Crippen LogP contribution < -0.4 is 14.4 Å². The number of nitrogens with zero attached hydrogens (tertiary/aromatic N) is 2. The fourth-order valence-corrected chi connectivity index (χ4v) is 5.81. The van der Waals surface area contributed by atoms with Gasteiger partial charge in [-0.2, -0.15) is 0 Å². The summed E-state index contributed by atoms with van der Waals surface area (Å²) in [6.45, 7) is 8.37. The Morgan fingerprint density at radius 3 is 2.25 bits per heavy atom. The Bertz CT molecular complexity index is 1460. The van der Waals surface area contributed by atoms with E-state index in [0.717, 1.165) is 15.4 Å². The van der Waals surface area contributed by atoms with Crippen LogP contribution in [0.15, 0.2) is 71.6 Å². The summed E-state index contributed by atoms with van der Waals surface area (Å²) < 4.78 is 34.3. The van der Waals surface area contributed by atoms with Gasteiger partial charge in [-0.3, -0.25) is 13.9 Å². The zero-order valence-electron chi connectivity index (χ0n) is 23.6. The number of sulfonamides is 1. The number of methoxy groups -OCH3 is 1. The van der Waals surface area contributed by atoms with Crippen LogP contribution in [0.5, 0.6) is 5.75 Å². The summed E-state index contributed by atoms with van der Waals surface area (Å²) in [5, 5.41) is 3.21. The Balaban J connectivity index is 2.08. The molecule has 0 saturated carbocycles. The number of ether oxygens (including phenoxy) is 1. The molecule has 0 saturated heterocycles. The van der Waals surface area contributed by atoms with Gasteiger partial charge in [-0.25, -0.2) is 8.42 Å². The van der Waals surface area contributed by atoms with E-state index in [9.17, 15) is 18.0 Å². The summed E-state index contributed by atoms with van der Waals surface area (Å²) in [6.07, 6.45) is 0. The molecule has 0 aliphatic heterocycles. The first-order chi connectivity index (χ1) is 18.8. The van der Waals surface area contributed by atoms with E-state index in [4.69, 9.17) is 16.3 Å². The number of nitrogens with one attached hydrogen (secondary N) is 1. The lowest BCUT2D eigenvalue weighted by Crippen LogP contribution is -2.52. The van der Waals surface area contributed by atoms with E-state index in [0.29, 0.717) is 16.3 Å². The lowest BCUT2D eigenvalue weighted by atomic mass is 10.1. The van der Waals surface area contributed by atoms with Crippen LogP contribution >= 0.6 is 11.6 Å². The molecule has 3 aromatic rings. The van der Waals surface area contributed by atoms with Crippen molar-refractivity contribution >= 4 is 39.1 Å². The molecule has 0 aliphatic carbocycles. The molecule has 214 valence electrons. The van der Waals surface area contributed by atoms with Gasteiger partial charge in [-0.05, 0) is 82.1 Å². The van der Waals surface area contributed by atoms with Gasteiger partial charge in [0, 0.05) is 17.6 Å². The molecular weight excluding hydrogens is 550 g/mol. The molecule has 1 N–H and O–H groups in total. The highest BCUT2D eigenvalue weighted by Crippen LogP contribution is 2.31. The maximum Gasteiger partial charge on any atom is 0.264 e. The number of amides is 2. The molecule has 3 aromatic carbocycles. The number of carbonyl (C=O) groups is 2. The van der Waals surface area contributed by atoms with Crippen LogP contribution in [-0.4, -0.2) is 50.9 Å². The summed E-state index contributed by atoms with van der Waals surface area (Å²) in [6, 6.07) is 17.5. The number of carbonyl (C=O) groups excluding carboxylic acids is 2. The summed E-state index contributed by atoms with van der Waals surface area (Å²) in [7, 11) is -2.64. The third-order valence-electron chi connectivity index (χ3n) is 6.48. The fraction of sp³-hybridized carbons (Fsp3) is 0.333. The van der Waals surface area contributed by atoms with Gasteiger partial charge < -0.3 is 15.0 Å². The number of rotatable bonds is 11. The molecule has 8 nitrogen and oxygen atoms in total. The second-order valence-corrected chi connectivity index (χ2v) is 12.2. The highest BCUT2D eigenvalue weighted by atomic mass is 35.5. The minimum atomic E-state index is -4.18. The normalized spacial score (nSPS) is 12.1. The topological polar surface area (TPSA) is 96.0 Å². The predicted octanol–water partition coefficient (Wildman–Crippen LogP) is 5.10. The first-order valence-electron chi connectivity index (χ1n) is 12.9. The number of benzene rings is 3. The van der Waals surface area contributed by atoms with Crippen molar-refractivity contribution in [1.29, 1.82) is 0 Å². The van der Waals surface area contributed by atoms with Gasteiger partial charge in [-0.1, -0.05) is 47.5 Å². The van der Waals surface area contributed by atoms with E-state index in [-0.39, 0.29) is 29.1 Å². The average Bonchev–Trinajstić information content (AvgIpc) is 2.91. The van der Waals surface area contributed by atoms with Crippen molar-refractivity contribution in [2.24, 2.45) is 0 Å². The Morgan fingerprint density at radius 2 is 1.62 bits per heavy atom. The van der Waals surface area contributed by atoms with E-state index in [1.807, 2.05) is 26.8 Å². The third kappa shape index (κ3) is 7.34. The van der Waals surface area contributed by atoms with Gasteiger partial charge in [0.05, 0.1) is 17.7 Å². The maximum atomic E-state index is 14.0. The Hall–Kier alpha value is -3.56. The Labute approximate surface area is 241 Å². The predicted molar refractivity (Wildman–Crippen MR) is 158 cm³/mol. The lowest BCUT2D eigenvalue weighted by molar-refractivity contribution is -0.139. The van der Waals surface area contributed by atoms with Gasteiger partial charge in [0.1, 0.15) is 18.3 Å². The quantitative estimate of drug-likeness (QED) is 0.338. The number of hydrogen-bond acceptors (Lipinski definition) is 5. The molecule has 0 unspecified atom stereocenters. The minimum absolute atomic E-state index is 0.0372. The second-order valence-electron chi connectivity index (χ2n) is 9.92. The van der Waals surface area contributed by atoms with Gasteiger partial charge >= 0.3 is 0 Å². The van der Waals surface area contributed by atoms with Crippen LogP contribution in [0.4, 0.5) is 5.69 Å². The Kier molecular flexibility index (Phi) is 10.2. The van der Waals surface area contributed by atoms with Crippen LogP contribution in [0.1, 0.15) is 37.5 Å². The minimum Gasteiger partial charge on any atom is -0.497 e. The summed E-state index contributed by atoms with van der Waals surface area (Å²) in [5.41, 5.74) is 2.42. The standard InChI is InChI=1S/C30H36ClN3O5S/c1-20(2)32-30(36)23(5)33(18-24-9-7-10-25(17-24)39-6)29(35)19-34(28-12-8-11-27(31)22(28)4)40(37,38)26-15-13-21(3)14-16-26/h7-17,20,23H,18-19H2,1-6H3,(H,32,36)/t23-/m1/s1. The lowest BCUT2D eigenvalue weighted by Gasteiger charge is -2.33. The van der Waals surface area contributed by atoms with Gasteiger partial charge in [0.2, 0.25) is 11.8 Å². The third-order valence-corrected chi connectivity index (χ3v) is 8.66. The monoisotopic (exact) mass is 585 g/mol. The van der Waals surface area contributed by atoms with Crippen molar-refractivity contribution in [2.75, 3.05) is 18.0 Å². The molecule has 0 radical (unpaired) electrons. The fourth-order valence-electron chi connectivity index (χ4n) is 4.17. The highest BCUT2D eigenvalue weighted by molar-refractivity contribution is 7.92. The molecular formula is C30H36ClN3O5S. The smallest absolute Gasteiger partial charge is 0.264 e. The van der Waals surface area contributed by atoms with Crippen molar-refractivity contribution < 1.29 is 22.7 Å². The number of hydrogen-bond donors (Lipinski definition) is 1. The maximum absolute atomic E-state index is 14.0. The summed E-state index contributed by atoms with van der Waals surface area (Å²) in [4.78, 5) is 28.5. The highest BCUT2D eigenvalue weighted by Gasteiger charge is 2.33. The first kappa shape index (κ1) is 31.0. The molecule has 1 atom stereocenters. The molecule has 3 rings (SSSR count). The van der Waals surface area contributed by atoms with Crippen molar-refractivity contribution in [3.05, 3.63) is 88.4 Å². The molecule has 0 fully saturated rings. The van der Waals surface area contributed by atoms with Crippen LogP contribution in [0, 0.1) is 13.8 Å². The van der Waals surface area contributed by atoms with Crippen molar-refractivity contribution in [2.45, 2.75) is 58.1 Å². The van der Waals surface area contributed by atoms with Gasteiger partial charge in [0.25, 0.3) is 10.0 Å². The van der Waals surface area contributed by atoms with Crippen molar-refractivity contribution in [3.63, 3.8) is 0 Å². The van der Waals surface area contributed by atoms with Crippen LogP contribution in [0.3, 0.4) is 0 Å². The van der Waals surface area contributed by atoms with E-state index in [1.54, 1.807) is 69.5 Å². The molecule has 0 aromatic heterocycles. The van der Waals surface area contributed by atoms with Crippen LogP contribution in [0.25, 0.3) is 0 Å². The molecule has 0 spiro atoms. The first-order valence-corrected chi connectivity index (χ1v) is 14.7. The molecule has 0 bridgehead atoms. The van der Waals surface area contributed by atoms with Gasteiger partial charge in [-0.15, -0.1) is 0 Å². The molecule has 0 heterocycles. The average molecular weight is 586 g/mol. The zero-order valence-corrected chi connectivity index (χ0v) is 25.2. The van der Waals surface area contributed by atoms with Crippen LogP contribution in [-0.2, 0) is 26.2 Å². The Morgan fingerprint density at radius 1 is 0.975 bits per heavy atom. The molecule has 0 aliphatic rings. The number of halogens is 1. The summed E-state index contributed by atoms with van der Waals surface area (Å²) in [5.74, 6) is -0.301. The van der Waals surface area contributed by atoms with Gasteiger partial charge in [0.15, 0.2) is 0 Å². The van der Waals surface area contributed by atoms with Crippen molar-refractivity contribution in [3.8, 4) is 5.75 Å². The second kappa shape index (κ2) is 13.2. The summed E-state index contributed by atoms with van der Waals surface area (Å²) >= 11 is 6.37. The van der Waals surface area contributed by atoms with E-state index >= 15 is 0 Å². The molecule has 10 heteroatoms. The largest absolute Gasteiger partial charge is 0.497 e. The molecule has 2 amide bonds. The van der Waals surface area contributed by atoms with Crippen LogP contribution in [0.2, 0.25) is 5.02 Å².